The van der Waals surface area contributed by atoms with Crippen molar-refractivity contribution < 1.29 is 9.59 Å². The number of para-hydroxylation sites is 1. The number of benzene rings is 2. The number of aromatic nitrogens is 3. The second-order valence-corrected chi connectivity index (χ2v) is 11.1. The Morgan fingerprint density at radius 2 is 1.76 bits per heavy atom. The zero-order valence-electron chi connectivity index (χ0n) is 17.4. The first-order valence-corrected chi connectivity index (χ1v) is 13.4. The fourth-order valence-electron chi connectivity index (χ4n) is 2.97. The van der Waals surface area contributed by atoms with E-state index in [0.29, 0.717) is 31.0 Å². The number of nitrogens with zero attached hydrogens (tertiary/aromatic N) is 3. The van der Waals surface area contributed by atoms with Gasteiger partial charge in [-0.2, -0.15) is 0 Å². The zero-order chi connectivity index (χ0) is 24.1. The van der Waals surface area contributed by atoms with Gasteiger partial charge in [-0.15, -0.1) is 10.2 Å². The van der Waals surface area contributed by atoms with Crippen LogP contribution in [-0.2, 0) is 16.1 Å². The number of hydrogen-bond donors (Lipinski definition) is 2. The highest BCUT2D eigenvalue weighted by Gasteiger charge is 2.12. The first-order valence-electron chi connectivity index (χ1n) is 9.98. The summed E-state index contributed by atoms with van der Waals surface area (Å²) >= 11 is 15.6. The molecule has 2 heterocycles. The lowest BCUT2D eigenvalue weighted by atomic mass is 10.3. The Morgan fingerprint density at radius 3 is 2.59 bits per heavy atom. The smallest absolute Gasteiger partial charge is 0.308 e. The van der Waals surface area contributed by atoms with Crippen molar-refractivity contribution in [1.29, 1.82) is 0 Å². The molecule has 8 nitrogen and oxygen atoms in total. The van der Waals surface area contributed by atoms with Crippen molar-refractivity contribution in [1.82, 2.24) is 14.8 Å². The lowest BCUT2D eigenvalue weighted by Gasteiger charge is -2.05. The average molecular weight is 555 g/mol. The fourth-order valence-corrected chi connectivity index (χ4v) is 5.96. The van der Waals surface area contributed by atoms with E-state index < -0.39 is 0 Å². The maximum absolute atomic E-state index is 12.3. The molecule has 0 unspecified atom stereocenters. The number of nitrogens with one attached hydrogen (secondary N) is 2. The molecular formula is C21H17Cl2N5O3S3. The van der Waals surface area contributed by atoms with Crippen LogP contribution in [0.3, 0.4) is 0 Å². The summed E-state index contributed by atoms with van der Waals surface area (Å²) < 4.78 is 3.13. The van der Waals surface area contributed by atoms with Gasteiger partial charge in [-0.25, -0.2) is 0 Å². The topological polar surface area (TPSA) is 106 Å². The second kappa shape index (κ2) is 11.3. The van der Waals surface area contributed by atoms with Gasteiger partial charge < -0.3 is 10.6 Å². The Kier molecular flexibility index (Phi) is 8.22. The summed E-state index contributed by atoms with van der Waals surface area (Å²) in [5.41, 5.74) is 1.39. The number of anilines is 2. The lowest BCUT2D eigenvalue weighted by Crippen LogP contribution is -2.19. The number of fused-ring (bicyclic) bond motifs is 1. The van der Waals surface area contributed by atoms with Crippen LogP contribution < -0.4 is 15.5 Å². The molecule has 0 radical (unpaired) electrons. The molecule has 2 aromatic heterocycles. The van der Waals surface area contributed by atoms with Crippen LogP contribution in [0.2, 0.25) is 10.0 Å². The minimum absolute atomic E-state index is 0.0909. The van der Waals surface area contributed by atoms with Gasteiger partial charge >= 0.3 is 4.87 Å². The van der Waals surface area contributed by atoms with Gasteiger partial charge in [-0.1, -0.05) is 69.8 Å². The fraction of sp³-hybridized carbons (Fsp3) is 0.190. The summed E-state index contributed by atoms with van der Waals surface area (Å²) in [7, 11) is 0. The molecule has 0 fully saturated rings. The highest BCUT2D eigenvalue weighted by molar-refractivity contribution is 8.01. The Morgan fingerprint density at radius 1 is 0.971 bits per heavy atom. The number of hydrogen-bond acceptors (Lipinski definition) is 8. The predicted molar refractivity (Wildman–Crippen MR) is 140 cm³/mol. The monoisotopic (exact) mass is 553 g/mol. The highest BCUT2D eigenvalue weighted by atomic mass is 35.5. The van der Waals surface area contributed by atoms with Crippen LogP contribution in [0, 0.1) is 0 Å². The van der Waals surface area contributed by atoms with Crippen LogP contribution in [0.25, 0.3) is 10.2 Å². The minimum atomic E-state index is -0.254. The van der Waals surface area contributed by atoms with E-state index in [1.54, 1.807) is 22.8 Å². The molecule has 0 spiro atoms. The van der Waals surface area contributed by atoms with Crippen LogP contribution in [0.4, 0.5) is 10.8 Å². The third kappa shape index (κ3) is 6.36. The molecule has 0 aliphatic rings. The van der Waals surface area contributed by atoms with Crippen molar-refractivity contribution >= 4 is 90.5 Å². The van der Waals surface area contributed by atoms with E-state index in [-0.39, 0.29) is 36.1 Å². The molecule has 4 aromatic rings. The van der Waals surface area contributed by atoms with Crippen molar-refractivity contribution in [2.75, 3.05) is 16.4 Å². The van der Waals surface area contributed by atoms with Gasteiger partial charge in [-0.05, 0) is 30.3 Å². The van der Waals surface area contributed by atoms with E-state index in [2.05, 4.69) is 20.8 Å². The summed E-state index contributed by atoms with van der Waals surface area (Å²) in [6.07, 6.45) is 0.396. The van der Waals surface area contributed by atoms with E-state index >= 15 is 0 Å². The quantitative estimate of drug-likeness (QED) is 0.213. The summed E-state index contributed by atoms with van der Waals surface area (Å²) in [4.78, 5) is 36.5. The minimum Gasteiger partial charge on any atom is -0.326 e. The molecule has 2 N–H and O–H groups in total. The number of halogens is 2. The number of thioether (sulfide) groups is 1. The molecule has 0 saturated carbocycles. The van der Waals surface area contributed by atoms with Crippen LogP contribution in [0.15, 0.2) is 51.6 Å². The third-order valence-corrected chi connectivity index (χ3v) is 8.22. The van der Waals surface area contributed by atoms with Crippen molar-refractivity contribution in [2.45, 2.75) is 23.7 Å². The molecule has 13 heteroatoms. The molecule has 34 heavy (non-hydrogen) atoms. The molecule has 0 aliphatic carbocycles. The standard InChI is InChI=1S/C21H17Cl2N5O3S3/c22-13-6-5-12(11-14(13)23)24-18(30)8-10-32-20-27-26-19(34-20)25-17(29)7-9-28-15-3-1-2-4-16(15)33-21(28)31/h1-6,11H,7-10H2,(H,24,30)(H,25,26,29). The van der Waals surface area contributed by atoms with E-state index in [0.717, 1.165) is 21.6 Å². The number of amides is 2. The Balaban J connectivity index is 1.22. The van der Waals surface area contributed by atoms with E-state index in [1.807, 2.05) is 24.3 Å². The Hall–Kier alpha value is -2.44. The normalized spacial score (nSPS) is 11.0. The molecule has 0 aliphatic heterocycles. The maximum atomic E-state index is 12.3. The van der Waals surface area contributed by atoms with Gasteiger partial charge in [0.2, 0.25) is 16.9 Å². The number of rotatable bonds is 9. The number of carbonyl (C=O) groups is 2. The molecular weight excluding hydrogens is 537 g/mol. The van der Waals surface area contributed by atoms with Crippen LogP contribution in [-0.4, -0.2) is 32.3 Å². The van der Waals surface area contributed by atoms with Crippen molar-refractivity contribution in [3.05, 3.63) is 62.2 Å². The van der Waals surface area contributed by atoms with E-state index in [9.17, 15) is 14.4 Å². The first kappa shape index (κ1) is 24.7. The van der Waals surface area contributed by atoms with Gasteiger partial charge in [-0.3, -0.25) is 19.0 Å². The van der Waals surface area contributed by atoms with Crippen LogP contribution >= 0.6 is 57.6 Å². The maximum Gasteiger partial charge on any atom is 0.308 e. The molecule has 2 aromatic carbocycles. The van der Waals surface area contributed by atoms with Crippen molar-refractivity contribution in [3.63, 3.8) is 0 Å². The SMILES string of the molecule is O=C(CCSc1nnc(NC(=O)CCn2c(=O)sc3ccccc32)s1)Nc1ccc(Cl)c(Cl)c1. The molecule has 176 valence electrons. The van der Waals surface area contributed by atoms with Gasteiger partial charge in [0.15, 0.2) is 4.34 Å². The van der Waals surface area contributed by atoms with E-state index in [4.69, 9.17) is 23.2 Å². The summed E-state index contributed by atoms with van der Waals surface area (Å²) in [6, 6.07) is 12.4. The Bertz CT molecular complexity index is 1400. The predicted octanol–water partition coefficient (Wildman–Crippen LogP) is 5.37. The number of aryl methyl sites for hydroxylation is 1. The summed E-state index contributed by atoms with van der Waals surface area (Å²) in [6.45, 7) is 0.281. The third-order valence-electron chi connectivity index (χ3n) is 4.55. The zero-order valence-corrected chi connectivity index (χ0v) is 21.4. The number of carbonyl (C=O) groups excluding carboxylic acids is 2. The van der Waals surface area contributed by atoms with Gasteiger partial charge in [0.1, 0.15) is 0 Å². The average Bonchev–Trinajstić information content (AvgIpc) is 3.37. The molecule has 0 bridgehead atoms. The van der Waals surface area contributed by atoms with Crippen LogP contribution in [0.1, 0.15) is 12.8 Å². The van der Waals surface area contributed by atoms with Crippen molar-refractivity contribution in [3.8, 4) is 0 Å². The van der Waals surface area contributed by atoms with Gasteiger partial charge in [0.05, 0.1) is 20.3 Å². The largest absolute Gasteiger partial charge is 0.326 e. The first-order chi connectivity index (χ1) is 16.4. The molecule has 4 rings (SSSR count). The lowest BCUT2D eigenvalue weighted by molar-refractivity contribution is -0.117. The van der Waals surface area contributed by atoms with Crippen LogP contribution in [0.5, 0.6) is 0 Å². The molecule has 0 atom stereocenters. The summed E-state index contributed by atoms with van der Waals surface area (Å²) in [5, 5.41) is 14.6. The van der Waals surface area contributed by atoms with E-state index in [1.165, 1.54) is 23.1 Å². The molecule has 2 amide bonds. The second-order valence-electron chi connectivity index (χ2n) is 6.93. The Labute approximate surface area is 216 Å². The summed E-state index contributed by atoms with van der Waals surface area (Å²) in [5.74, 6) is 0.0696. The van der Waals surface area contributed by atoms with Gasteiger partial charge in [0.25, 0.3) is 0 Å². The van der Waals surface area contributed by atoms with Crippen molar-refractivity contribution in [2.24, 2.45) is 0 Å². The van der Waals surface area contributed by atoms with Gasteiger partial charge in [0, 0.05) is 30.8 Å². The molecule has 0 saturated heterocycles. The highest BCUT2D eigenvalue weighted by Crippen LogP contribution is 2.27. The number of thiazole rings is 1.